The molecule has 112 valence electrons. The molecule has 22 heavy (non-hydrogen) atoms. The van der Waals surface area contributed by atoms with Gasteiger partial charge in [-0.15, -0.1) is 0 Å². The first-order valence-electron chi connectivity index (χ1n) is 6.98. The summed E-state index contributed by atoms with van der Waals surface area (Å²) in [5, 5.41) is 1.12. The Bertz CT molecular complexity index is 841. The fourth-order valence-electron chi connectivity index (χ4n) is 2.61. The van der Waals surface area contributed by atoms with E-state index in [1.807, 2.05) is 37.5 Å². The maximum absolute atomic E-state index is 12.6. The number of fused-ring (bicyclic) bond motifs is 1. The fraction of sp³-hybridized carbons (Fsp3) is 0.176. The zero-order valence-electron chi connectivity index (χ0n) is 12.5. The number of hydrogen-bond acceptors (Lipinski definition) is 2. The third kappa shape index (κ3) is 2.64. The highest BCUT2D eigenvalue weighted by Crippen LogP contribution is 2.25. The molecule has 0 N–H and O–H groups in total. The molecule has 0 fully saturated rings. The zero-order chi connectivity index (χ0) is 15.7. The summed E-state index contributed by atoms with van der Waals surface area (Å²) in [6.45, 7) is 0. The molecule has 0 bridgehead atoms. The second kappa shape index (κ2) is 5.93. The summed E-state index contributed by atoms with van der Waals surface area (Å²) in [4.78, 5) is 18.4. The summed E-state index contributed by atoms with van der Waals surface area (Å²) >= 11 is 3.39. The van der Waals surface area contributed by atoms with E-state index in [1.165, 1.54) is 0 Å². The summed E-state index contributed by atoms with van der Waals surface area (Å²) in [7, 11) is 3.77. The molecule has 0 aliphatic carbocycles. The number of benzene rings is 1. The third-order valence-electron chi connectivity index (χ3n) is 3.80. The first kappa shape index (κ1) is 14.8. The van der Waals surface area contributed by atoms with E-state index in [4.69, 9.17) is 0 Å². The molecular weight excluding hydrogens is 342 g/mol. The Morgan fingerprint density at radius 1 is 1.27 bits per heavy atom. The van der Waals surface area contributed by atoms with E-state index in [9.17, 15) is 4.79 Å². The van der Waals surface area contributed by atoms with Crippen molar-refractivity contribution in [3.8, 4) is 0 Å². The van der Waals surface area contributed by atoms with E-state index in [-0.39, 0.29) is 5.91 Å². The number of aromatic nitrogens is 2. The minimum absolute atomic E-state index is 0.0325. The van der Waals surface area contributed by atoms with E-state index in [1.54, 1.807) is 18.1 Å². The number of pyridine rings is 1. The number of carbonyl (C=O) groups is 1. The highest BCUT2D eigenvalue weighted by molar-refractivity contribution is 9.10. The van der Waals surface area contributed by atoms with Crippen LogP contribution in [0.25, 0.3) is 10.9 Å². The number of likely N-dealkylation sites (N-methyl/N-ethyl adjacent to an activating group) is 1. The van der Waals surface area contributed by atoms with Gasteiger partial charge in [0.1, 0.15) is 4.60 Å². The Morgan fingerprint density at radius 3 is 2.82 bits per heavy atom. The Labute approximate surface area is 137 Å². The summed E-state index contributed by atoms with van der Waals surface area (Å²) < 4.78 is 2.72. The van der Waals surface area contributed by atoms with Gasteiger partial charge in [-0.2, -0.15) is 0 Å². The van der Waals surface area contributed by atoms with Gasteiger partial charge in [0.25, 0.3) is 0 Å². The summed E-state index contributed by atoms with van der Waals surface area (Å²) in [5.74, 6) is 0.0325. The van der Waals surface area contributed by atoms with E-state index < -0.39 is 0 Å². The highest BCUT2D eigenvalue weighted by Gasteiger charge is 2.17. The van der Waals surface area contributed by atoms with Crippen molar-refractivity contribution >= 4 is 38.4 Å². The van der Waals surface area contributed by atoms with Gasteiger partial charge in [-0.25, -0.2) is 4.98 Å². The zero-order valence-corrected chi connectivity index (χ0v) is 14.0. The van der Waals surface area contributed by atoms with Crippen LogP contribution >= 0.6 is 15.9 Å². The lowest BCUT2D eigenvalue weighted by Crippen LogP contribution is -2.28. The van der Waals surface area contributed by atoms with E-state index in [0.717, 1.165) is 22.2 Å². The lowest BCUT2D eigenvalue weighted by atomic mass is 10.1. The third-order valence-corrected chi connectivity index (χ3v) is 4.41. The summed E-state index contributed by atoms with van der Waals surface area (Å²) in [5.41, 5.74) is 2.94. The standard InChI is InChI=1S/C17H16BrN3O/c1-20-11-12(13-6-3-4-7-14(13)20)10-16(22)21(2)15-8-5-9-19-17(15)18/h3-9,11H,10H2,1-2H3. The smallest absolute Gasteiger partial charge is 0.231 e. The summed E-state index contributed by atoms with van der Waals surface area (Å²) in [6, 6.07) is 11.8. The number of anilines is 1. The van der Waals surface area contributed by atoms with Gasteiger partial charge < -0.3 is 9.47 Å². The Kier molecular flexibility index (Phi) is 3.98. The van der Waals surface area contributed by atoms with Crippen LogP contribution in [0.3, 0.4) is 0 Å². The van der Waals surface area contributed by atoms with E-state index in [0.29, 0.717) is 11.0 Å². The summed E-state index contributed by atoms with van der Waals surface area (Å²) in [6.07, 6.45) is 4.07. The van der Waals surface area contributed by atoms with Crippen molar-refractivity contribution in [2.45, 2.75) is 6.42 Å². The van der Waals surface area contributed by atoms with Crippen LogP contribution in [-0.4, -0.2) is 22.5 Å². The molecule has 3 aromatic rings. The average Bonchev–Trinajstić information content (AvgIpc) is 2.84. The van der Waals surface area contributed by atoms with Crippen molar-refractivity contribution in [1.29, 1.82) is 0 Å². The quantitative estimate of drug-likeness (QED) is 0.672. The van der Waals surface area contributed by atoms with E-state index in [2.05, 4.69) is 37.6 Å². The van der Waals surface area contributed by atoms with Crippen LogP contribution in [0.15, 0.2) is 53.4 Å². The van der Waals surface area contributed by atoms with Gasteiger partial charge in [0.2, 0.25) is 5.91 Å². The molecule has 4 nitrogen and oxygen atoms in total. The molecular formula is C17H16BrN3O. The minimum atomic E-state index is 0.0325. The maximum Gasteiger partial charge on any atom is 0.231 e. The molecule has 0 aliphatic rings. The molecule has 5 heteroatoms. The lowest BCUT2D eigenvalue weighted by Gasteiger charge is -2.18. The van der Waals surface area contributed by atoms with Crippen LogP contribution in [0.5, 0.6) is 0 Å². The number of nitrogens with zero attached hydrogens (tertiary/aromatic N) is 3. The predicted octanol–water partition coefficient (Wildman–Crippen LogP) is 3.54. The largest absolute Gasteiger partial charge is 0.350 e. The molecule has 2 heterocycles. The molecule has 0 unspecified atom stereocenters. The van der Waals surface area contributed by atoms with Gasteiger partial charge in [-0.1, -0.05) is 18.2 Å². The van der Waals surface area contributed by atoms with Gasteiger partial charge in [-0.05, 0) is 39.7 Å². The van der Waals surface area contributed by atoms with Crippen LogP contribution in [0.4, 0.5) is 5.69 Å². The van der Waals surface area contributed by atoms with Gasteiger partial charge >= 0.3 is 0 Å². The van der Waals surface area contributed by atoms with Crippen molar-refractivity contribution in [2.75, 3.05) is 11.9 Å². The Morgan fingerprint density at radius 2 is 2.05 bits per heavy atom. The SMILES string of the molecule is CN(C(=O)Cc1cn(C)c2ccccc12)c1cccnc1Br. The van der Waals surface area contributed by atoms with Gasteiger partial charge in [0.15, 0.2) is 0 Å². The molecule has 0 aliphatic heterocycles. The van der Waals surface area contributed by atoms with Crippen molar-refractivity contribution in [3.05, 3.63) is 59.0 Å². The van der Waals surface area contributed by atoms with Gasteiger partial charge in [0, 0.05) is 37.4 Å². The lowest BCUT2D eigenvalue weighted by molar-refractivity contribution is -0.117. The van der Waals surface area contributed by atoms with Crippen LogP contribution in [-0.2, 0) is 18.3 Å². The molecule has 3 rings (SSSR count). The fourth-order valence-corrected chi connectivity index (χ4v) is 3.13. The number of carbonyl (C=O) groups excluding carboxylic acids is 1. The first-order valence-corrected chi connectivity index (χ1v) is 7.77. The molecule has 0 saturated heterocycles. The average molecular weight is 358 g/mol. The second-order valence-corrected chi connectivity index (χ2v) is 5.98. The van der Waals surface area contributed by atoms with Crippen molar-refractivity contribution in [2.24, 2.45) is 7.05 Å². The number of para-hydroxylation sites is 1. The molecule has 1 amide bonds. The molecule has 2 aromatic heterocycles. The molecule has 0 spiro atoms. The Balaban J connectivity index is 1.89. The molecule has 0 radical (unpaired) electrons. The van der Waals surface area contributed by atoms with Crippen LogP contribution in [0.1, 0.15) is 5.56 Å². The normalized spacial score (nSPS) is 10.9. The van der Waals surface area contributed by atoms with Crippen molar-refractivity contribution in [1.82, 2.24) is 9.55 Å². The van der Waals surface area contributed by atoms with Gasteiger partial charge in [-0.3, -0.25) is 4.79 Å². The number of amides is 1. The predicted molar refractivity (Wildman–Crippen MR) is 92.0 cm³/mol. The van der Waals surface area contributed by atoms with Crippen LogP contribution in [0, 0.1) is 0 Å². The molecule has 0 saturated carbocycles. The number of halogens is 1. The minimum Gasteiger partial charge on any atom is -0.350 e. The van der Waals surface area contributed by atoms with Gasteiger partial charge in [0.05, 0.1) is 12.1 Å². The number of aryl methyl sites for hydroxylation is 1. The topological polar surface area (TPSA) is 38.1 Å². The molecule has 1 aromatic carbocycles. The van der Waals surface area contributed by atoms with Crippen molar-refractivity contribution in [3.63, 3.8) is 0 Å². The van der Waals surface area contributed by atoms with Crippen LogP contribution in [0.2, 0.25) is 0 Å². The van der Waals surface area contributed by atoms with Crippen molar-refractivity contribution < 1.29 is 4.79 Å². The Hall–Kier alpha value is -2.14. The maximum atomic E-state index is 12.6. The molecule has 0 atom stereocenters. The van der Waals surface area contributed by atoms with E-state index >= 15 is 0 Å². The highest BCUT2D eigenvalue weighted by atomic mass is 79.9. The second-order valence-electron chi connectivity index (χ2n) is 5.23. The number of hydrogen-bond donors (Lipinski definition) is 0. The monoisotopic (exact) mass is 357 g/mol. The first-order chi connectivity index (χ1) is 10.6. The van der Waals surface area contributed by atoms with Crippen LogP contribution < -0.4 is 4.90 Å². The number of rotatable bonds is 3.